The number of carbonyl (C=O) groups excluding carboxylic acids is 1. The van der Waals surface area contributed by atoms with Gasteiger partial charge < -0.3 is 15.3 Å². The number of rotatable bonds is 2. The van der Waals surface area contributed by atoms with Crippen molar-refractivity contribution in [3.8, 4) is 0 Å². The zero-order valence-corrected chi connectivity index (χ0v) is 13.0. The Bertz CT molecular complexity index is 449. The second-order valence-corrected chi connectivity index (χ2v) is 7.84. The molecule has 2 amide bonds. The first-order valence-corrected chi connectivity index (χ1v) is 8.17. The van der Waals surface area contributed by atoms with Gasteiger partial charge in [-0.3, -0.25) is 0 Å². The van der Waals surface area contributed by atoms with Gasteiger partial charge in [0.05, 0.1) is 0 Å². The van der Waals surface area contributed by atoms with E-state index >= 15 is 0 Å². The van der Waals surface area contributed by atoms with Crippen LogP contribution in [-0.2, 0) is 4.79 Å². The number of fused-ring (bicyclic) bond motifs is 1. The maximum absolute atomic E-state index is 12.5. The molecule has 4 unspecified atom stereocenters. The number of aliphatic carboxylic acids is 1. The van der Waals surface area contributed by atoms with Gasteiger partial charge in [0.1, 0.15) is 6.04 Å². The Hall–Kier alpha value is -1.26. The molecule has 5 nitrogen and oxygen atoms in total. The number of nitrogens with one attached hydrogen (secondary N) is 1. The minimum Gasteiger partial charge on any atom is -0.480 e. The number of carbonyl (C=O) groups is 2. The number of amides is 2. The summed E-state index contributed by atoms with van der Waals surface area (Å²) in [5.74, 6) is -0.295. The van der Waals surface area contributed by atoms with Gasteiger partial charge in [0, 0.05) is 12.6 Å². The average Bonchev–Trinajstić information content (AvgIpc) is 3.01. The molecule has 0 aromatic heterocycles. The maximum Gasteiger partial charge on any atom is 0.326 e. The minimum absolute atomic E-state index is 0.160. The standard InChI is InChI=1S/C16H26N2O3/c1-16(2)7-6-11(8-16)17-15(21)18-9-10-4-3-5-12(10)13(18)14(19)20/h10-13H,3-9H2,1-2H3,(H,17,21)(H,19,20). The smallest absolute Gasteiger partial charge is 0.326 e. The maximum atomic E-state index is 12.5. The third-order valence-corrected chi connectivity index (χ3v) is 5.70. The van der Waals surface area contributed by atoms with Gasteiger partial charge in [0.2, 0.25) is 0 Å². The predicted octanol–water partition coefficient (Wildman–Crippen LogP) is 2.46. The van der Waals surface area contributed by atoms with Crippen LogP contribution in [0.15, 0.2) is 0 Å². The Kier molecular flexibility index (Phi) is 3.62. The first-order valence-electron chi connectivity index (χ1n) is 8.17. The zero-order valence-electron chi connectivity index (χ0n) is 13.0. The summed E-state index contributed by atoms with van der Waals surface area (Å²) in [5, 5.41) is 12.6. The highest BCUT2D eigenvalue weighted by molar-refractivity contribution is 5.84. The van der Waals surface area contributed by atoms with Crippen LogP contribution in [0.3, 0.4) is 0 Å². The van der Waals surface area contributed by atoms with E-state index < -0.39 is 12.0 Å². The van der Waals surface area contributed by atoms with Crippen molar-refractivity contribution in [2.45, 2.75) is 64.5 Å². The molecule has 0 bridgehead atoms. The fourth-order valence-corrected chi connectivity index (χ4v) is 4.65. The predicted molar refractivity (Wildman–Crippen MR) is 78.9 cm³/mol. The van der Waals surface area contributed by atoms with Crippen LogP contribution in [0.2, 0.25) is 0 Å². The number of carboxylic acids is 1. The van der Waals surface area contributed by atoms with Gasteiger partial charge in [-0.2, -0.15) is 0 Å². The topological polar surface area (TPSA) is 69.6 Å². The lowest BCUT2D eigenvalue weighted by atomic mass is 9.92. The van der Waals surface area contributed by atoms with Crippen LogP contribution in [0.25, 0.3) is 0 Å². The molecule has 5 heteroatoms. The summed E-state index contributed by atoms with van der Waals surface area (Å²) in [5.41, 5.74) is 0.283. The van der Waals surface area contributed by atoms with Crippen molar-refractivity contribution >= 4 is 12.0 Å². The first kappa shape index (κ1) is 14.7. The Morgan fingerprint density at radius 1 is 1.24 bits per heavy atom. The number of nitrogens with zero attached hydrogens (tertiary/aromatic N) is 1. The van der Waals surface area contributed by atoms with Crippen molar-refractivity contribution in [3.63, 3.8) is 0 Å². The van der Waals surface area contributed by atoms with E-state index in [1.165, 1.54) is 0 Å². The molecule has 21 heavy (non-hydrogen) atoms. The van der Waals surface area contributed by atoms with Crippen molar-refractivity contribution in [2.24, 2.45) is 17.3 Å². The summed E-state index contributed by atoms with van der Waals surface area (Å²) in [7, 11) is 0. The van der Waals surface area contributed by atoms with Crippen molar-refractivity contribution < 1.29 is 14.7 Å². The third kappa shape index (κ3) is 2.74. The third-order valence-electron chi connectivity index (χ3n) is 5.70. The molecule has 0 spiro atoms. The average molecular weight is 294 g/mol. The molecule has 0 radical (unpaired) electrons. The van der Waals surface area contributed by atoms with Gasteiger partial charge in [0.25, 0.3) is 0 Å². The molecule has 3 aliphatic rings. The zero-order chi connectivity index (χ0) is 15.2. The minimum atomic E-state index is -0.841. The number of urea groups is 1. The normalized spacial score (nSPS) is 37.5. The highest BCUT2D eigenvalue weighted by atomic mass is 16.4. The van der Waals surface area contributed by atoms with Crippen LogP contribution in [-0.4, -0.2) is 40.6 Å². The molecule has 3 fully saturated rings. The van der Waals surface area contributed by atoms with Crippen molar-refractivity contribution in [1.82, 2.24) is 10.2 Å². The van der Waals surface area contributed by atoms with E-state index in [9.17, 15) is 14.7 Å². The summed E-state index contributed by atoms with van der Waals surface area (Å²) in [6.07, 6.45) is 6.21. The van der Waals surface area contributed by atoms with Crippen LogP contribution in [0, 0.1) is 17.3 Å². The lowest BCUT2D eigenvalue weighted by molar-refractivity contribution is -0.142. The fourth-order valence-electron chi connectivity index (χ4n) is 4.65. The number of hydrogen-bond donors (Lipinski definition) is 2. The van der Waals surface area contributed by atoms with Crippen LogP contribution in [0.4, 0.5) is 4.79 Å². The van der Waals surface area contributed by atoms with E-state index in [1.807, 2.05) is 0 Å². The Labute approximate surface area is 126 Å². The number of carboxylic acid groups (broad SMARTS) is 1. The van der Waals surface area contributed by atoms with E-state index in [1.54, 1.807) is 4.90 Å². The highest BCUT2D eigenvalue weighted by Crippen LogP contribution is 2.42. The SMILES string of the molecule is CC1(C)CCC(NC(=O)N2CC3CCCC3C2C(=O)O)C1. The quantitative estimate of drug-likeness (QED) is 0.822. The van der Waals surface area contributed by atoms with Crippen LogP contribution >= 0.6 is 0 Å². The summed E-state index contributed by atoms with van der Waals surface area (Å²) in [6.45, 7) is 5.06. The van der Waals surface area contributed by atoms with Crippen LogP contribution in [0.5, 0.6) is 0 Å². The summed E-state index contributed by atoms with van der Waals surface area (Å²) in [6, 6.07) is -0.589. The molecule has 0 aromatic carbocycles. The van der Waals surface area contributed by atoms with Crippen LogP contribution < -0.4 is 5.32 Å². The Morgan fingerprint density at radius 2 is 2.00 bits per heavy atom. The molecule has 118 valence electrons. The van der Waals surface area contributed by atoms with E-state index in [0.29, 0.717) is 12.5 Å². The van der Waals surface area contributed by atoms with E-state index in [4.69, 9.17) is 0 Å². The summed E-state index contributed by atoms with van der Waals surface area (Å²) in [4.78, 5) is 25.7. The van der Waals surface area contributed by atoms with E-state index in [0.717, 1.165) is 38.5 Å². The van der Waals surface area contributed by atoms with E-state index in [2.05, 4.69) is 19.2 Å². The number of hydrogen-bond acceptors (Lipinski definition) is 2. The molecule has 2 saturated carbocycles. The molecular weight excluding hydrogens is 268 g/mol. The van der Waals surface area contributed by atoms with Gasteiger partial charge in [0.15, 0.2) is 0 Å². The second-order valence-electron chi connectivity index (χ2n) is 7.84. The molecule has 1 heterocycles. The van der Waals surface area contributed by atoms with Gasteiger partial charge in [-0.05, 0) is 49.4 Å². The molecule has 4 atom stereocenters. The van der Waals surface area contributed by atoms with Gasteiger partial charge in [-0.15, -0.1) is 0 Å². The molecule has 0 aromatic rings. The molecule has 1 aliphatic heterocycles. The van der Waals surface area contributed by atoms with Gasteiger partial charge >= 0.3 is 12.0 Å². The van der Waals surface area contributed by atoms with E-state index in [-0.39, 0.29) is 23.4 Å². The Morgan fingerprint density at radius 3 is 2.62 bits per heavy atom. The fraction of sp³-hybridized carbons (Fsp3) is 0.875. The highest BCUT2D eigenvalue weighted by Gasteiger charge is 2.50. The Balaban J connectivity index is 1.65. The lowest BCUT2D eigenvalue weighted by Gasteiger charge is -2.27. The summed E-state index contributed by atoms with van der Waals surface area (Å²) < 4.78 is 0. The van der Waals surface area contributed by atoms with Crippen LogP contribution in [0.1, 0.15) is 52.4 Å². The largest absolute Gasteiger partial charge is 0.480 e. The van der Waals surface area contributed by atoms with Crippen molar-refractivity contribution in [3.05, 3.63) is 0 Å². The molecule has 2 aliphatic carbocycles. The molecule has 2 N–H and O–H groups in total. The monoisotopic (exact) mass is 294 g/mol. The van der Waals surface area contributed by atoms with Crippen molar-refractivity contribution in [1.29, 1.82) is 0 Å². The summed E-state index contributed by atoms with van der Waals surface area (Å²) >= 11 is 0. The van der Waals surface area contributed by atoms with Gasteiger partial charge in [-0.1, -0.05) is 20.3 Å². The van der Waals surface area contributed by atoms with Gasteiger partial charge in [-0.25, -0.2) is 9.59 Å². The number of likely N-dealkylation sites (tertiary alicyclic amines) is 1. The van der Waals surface area contributed by atoms with Crippen molar-refractivity contribution in [2.75, 3.05) is 6.54 Å². The molecule has 1 saturated heterocycles. The molecule has 3 rings (SSSR count). The lowest BCUT2D eigenvalue weighted by Crippen LogP contribution is -2.50. The molecular formula is C16H26N2O3. The second kappa shape index (κ2) is 5.18. The first-order chi connectivity index (χ1) is 9.87.